The summed E-state index contributed by atoms with van der Waals surface area (Å²) in [4.78, 5) is 11.5. The second-order valence-electron chi connectivity index (χ2n) is 6.09. The van der Waals surface area contributed by atoms with E-state index in [9.17, 15) is 18.3 Å². The monoisotopic (exact) mass is 315 g/mol. The van der Waals surface area contributed by atoms with E-state index in [1.807, 2.05) is 0 Å². The molecule has 0 aliphatic carbocycles. The van der Waals surface area contributed by atoms with Crippen LogP contribution in [0.5, 0.6) is 0 Å². The van der Waals surface area contributed by atoms with Crippen molar-refractivity contribution in [3.63, 3.8) is 0 Å². The maximum Gasteiger partial charge on any atom is 0.309 e. The lowest BCUT2D eigenvalue weighted by Gasteiger charge is -2.38. The first-order valence-corrected chi connectivity index (χ1v) is 8.35. The van der Waals surface area contributed by atoms with Gasteiger partial charge in [-0.15, -0.1) is 0 Å². The van der Waals surface area contributed by atoms with Crippen LogP contribution in [0.3, 0.4) is 0 Å². The second-order valence-corrected chi connectivity index (χ2v) is 7.99. The molecular weight excluding hydrogens is 294 g/mol. The molecule has 21 heavy (non-hydrogen) atoms. The summed E-state index contributed by atoms with van der Waals surface area (Å²) in [5, 5.41) is 15.7. The predicted molar refractivity (Wildman–Crippen MR) is 76.2 cm³/mol. The molecule has 118 valence electrons. The highest BCUT2D eigenvalue weighted by atomic mass is 32.2. The lowest BCUT2D eigenvalue weighted by molar-refractivity contribution is -0.151. The van der Waals surface area contributed by atoms with Gasteiger partial charge < -0.3 is 5.11 Å². The van der Waals surface area contributed by atoms with Crippen molar-refractivity contribution in [3.8, 4) is 0 Å². The Morgan fingerprint density at radius 2 is 2.19 bits per heavy atom. The van der Waals surface area contributed by atoms with Gasteiger partial charge in [0.05, 0.1) is 17.3 Å². The van der Waals surface area contributed by atoms with Crippen LogP contribution < -0.4 is 0 Å². The summed E-state index contributed by atoms with van der Waals surface area (Å²) < 4.78 is 26.6. The number of nitrogens with zero attached hydrogens (tertiary/aromatic N) is 2. The van der Waals surface area contributed by atoms with Gasteiger partial charge >= 0.3 is 5.97 Å². The molecule has 0 saturated carbocycles. The van der Waals surface area contributed by atoms with Gasteiger partial charge in [-0.3, -0.25) is 9.89 Å². The molecule has 0 spiro atoms. The topological polar surface area (TPSA) is 103 Å². The number of nitrogens with one attached hydrogen (secondary N) is 1. The van der Waals surface area contributed by atoms with Gasteiger partial charge in [-0.25, -0.2) is 8.42 Å². The number of H-pyrrole nitrogens is 1. The van der Waals surface area contributed by atoms with E-state index in [2.05, 4.69) is 10.2 Å². The molecule has 2 heterocycles. The summed E-state index contributed by atoms with van der Waals surface area (Å²) in [6.45, 7) is 5.60. The van der Waals surface area contributed by atoms with E-state index in [1.54, 1.807) is 20.8 Å². The van der Waals surface area contributed by atoms with Crippen LogP contribution in [0.15, 0.2) is 11.1 Å². The number of aliphatic carboxylic acids is 1. The van der Waals surface area contributed by atoms with Crippen molar-refractivity contribution in [1.82, 2.24) is 14.5 Å². The summed E-state index contributed by atoms with van der Waals surface area (Å²) in [5.74, 6) is -1.10. The Morgan fingerprint density at radius 3 is 2.71 bits per heavy atom. The molecule has 2 rings (SSSR count). The zero-order chi connectivity index (χ0) is 15.8. The van der Waals surface area contributed by atoms with Crippen LogP contribution in [-0.2, 0) is 14.8 Å². The number of hydrogen-bond acceptors (Lipinski definition) is 4. The lowest BCUT2D eigenvalue weighted by atomic mass is 9.75. The number of carboxylic acids is 1. The van der Waals surface area contributed by atoms with E-state index in [0.29, 0.717) is 18.7 Å². The maximum atomic E-state index is 12.6. The molecule has 1 aliphatic heterocycles. The molecule has 1 fully saturated rings. The van der Waals surface area contributed by atoms with Gasteiger partial charge in [0.1, 0.15) is 4.90 Å². The Bertz CT molecular complexity index is 636. The van der Waals surface area contributed by atoms with Crippen LogP contribution in [0, 0.1) is 18.3 Å². The van der Waals surface area contributed by atoms with Gasteiger partial charge in [-0.2, -0.15) is 9.40 Å². The van der Waals surface area contributed by atoms with E-state index < -0.39 is 21.4 Å². The first-order valence-electron chi connectivity index (χ1n) is 6.91. The molecule has 0 amide bonds. The minimum absolute atomic E-state index is 0.163. The number of piperidine rings is 1. The Balaban J connectivity index is 2.26. The number of carboxylic acid groups (broad SMARTS) is 1. The molecule has 0 aromatic carbocycles. The van der Waals surface area contributed by atoms with Gasteiger partial charge in [-0.1, -0.05) is 0 Å². The normalized spacial score (nSPS) is 21.4. The van der Waals surface area contributed by atoms with Crippen molar-refractivity contribution >= 4 is 16.0 Å². The molecule has 1 unspecified atom stereocenters. The van der Waals surface area contributed by atoms with Crippen molar-refractivity contribution in [1.29, 1.82) is 0 Å². The van der Waals surface area contributed by atoms with Gasteiger partial charge in [0.2, 0.25) is 10.0 Å². The highest BCUT2D eigenvalue weighted by Gasteiger charge is 2.42. The molecule has 1 aromatic rings. The molecular formula is C13H21N3O4S. The van der Waals surface area contributed by atoms with Gasteiger partial charge in [0.25, 0.3) is 0 Å². The summed E-state index contributed by atoms with van der Waals surface area (Å²) in [6, 6.07) is 0. The number of rotatable bonds is 4. The van der Waals surface area contributed by atoms with Gasteiger partial charge in [0, 0.05) is 13.1 Å². The van der Waals surface area contributed by atoms with Crippen molar-refractivity contribution < 1.29 is 18.3 Å². The van der Waals surface area contributed by atoms with Crippen molar-refractivity contribution in [3.05, 3.63) is 11.9 Å². The largest absolute Gasteiger partial charge is 0.481 e. The fraction of sp³-hybridized carbons (Fsp3) is 0.692. The Hall–Kier alpha value is -1.41. The van der Waals surface area contributed by atoms with Crippen molar-refractivity contribution in [2.24, 2.45) is 11.3 Å². The number of hydrogen-bond donors (Lipinski definition) is 2. The standard InChI is InChI=1S/C13H21N3O4S/c1-9-11(7-14-15-9)21(19,20)16-6-4-5-10(8-16)13(2,3)12(17)18/h7,10H,4-6,8H2,1-3H3,(H,14,15)(H,17,18). The molecule has 2 N–H and O–H groups in total. The highest BCUT2D eigenvalue weighted by molar-refractivity contribution is 7.89. The molecule has 0 radical (unpaired) electrons. The minimum Gasteiger partial charge on any atom is -0.481 e. The van der Waals surface area contributed by atoms with E-state index in [-0.39, 0.29) is 17.4 Å². The number of sulfonamides is 1. The molecule has 1 atom stereocenters. The van der Waals surface area contributed by atoms with E-state index >= 15 is 0 Å². The van der Waals surface area contributed by atoms with E-state index in [4.69, 9.17) is 0 Å². The number of aryl methyl sites for hydroxylation is 1. The van der Waals surface area contributed by atoms with Crippen LogP contribution in [0.25, 0.3) is 0 Å². The summed E-state index contributed by atoms with van der Waals surface area (Å²) in [7, 11) is -3.62. The third-order valence-corrected chi connectivity index (χ3v) is 6.34. The zero-order valence-electron chi connectivity index (χ0n) is 12.5. The van der Waals surface area contributed by atoms with Crippen LogP contribution in [0.2, 0.25) is 0 Å². The van der Waals surface area contributed by atoms with Crippen LogP contribution >= 0.6 is 0 Å². The first kappa shape index (κ1) is 16.0. The van der Waals surface area contributed by atoms with E-state index in [1.165, 1.54) is 10.5 Å². The average molecular weight is 315 g/mol. The maximum absolute atomic E-state index is 12.6. The third-order valence-electron chi connectivity index (χ3n) is 4.36. The smallest absolute Gasteiger partial charge is 0.309 e. The van der Waals surface area contributed by atoms with Crippen LogP contribution in [-0.4, -0.2) is 47.1 Å². The molecule has 1 aliphatic rings. The number of carbonyl (C=O) groups is 1. The fourth-order valence-corrected chi connectivity index (χ4v) is 4.31. The van der Waals surface area contributed by atoms with Crippen molar-refractivity contribution in [2.45, 2.75) is 38.5 Å². The molecule has 7 nitrogen and oxygen atoms in total. The molecule has 0 bridgehead atoms. The van der Waals surface area contributed by atoms with Crippen molar-refractivity contribution in [2.75, 3.05) is 13.1 Å². The third kappa shape index (κ3) is 2.82. The second kappa shape index (κ2) is 5.42. The summed E-state index contributed by atoms with van der Waals surface area (Å²) in [6.07, 6.45) is 2.68. The highest BCUT2D eigenvalue weighted by Crippen LogP contribution is 2.36. The zero-order valence-corrected chi connectivity index (χ0v) is 13.3. The summed E-state index contributed by atoms with van der Waals surface area (Å²) in [5.41, 5.74) is -0.450. The minimum atomic E-state index is -3.62. The molecule has 1 aromatic heterocycles. The molecule has 1 saturated heterocycles. The Labute approximate surface area is 124 Å². The Morgan fingerprint density at radius 1 is 1.52 bits per heavy atom. The SMILES string of the molecule is Cc1[nH]ncc1S(=O)(=O)N1CCCC(C(C)(C)C(=O)O)C1. The van der Waals surface area contributed by atoms with Gasteiger partial charge in [0.15, 0.2) is 0 Å². The van der Waals surface area contributed by atoms with E-state index in [0.717, 1.165) is 6.42 Å². The fourth-order valence-electron chi connectivity index (χ4n) is 2.66. The average Bonchev–Trinajstić information content (AvgIpc) is 2.85. The molecule has 8 heteroatoms. The summed E-state index contributed by atoms with van der Waals surface area (Å²) >= 11 is 0. The lowest BCUT2D eigenvalue weighted by Crippen LogP contribution is -2.46. The predicted octanol–water partition coefficient (Wildman–Crippen LogP) is 1.23. The number of aromatic amines is 1. The van der Waals surface area contributed by atoms with Gasteiger partial charge in [-0.05, 0) is 39.5 Å². The first-order chi connectivity index (χ1) is 9.67. The number of aromatic nitrogens is 2. The quantitative estimate of drug-likeness (QED) is 0.869. The van der Waals surface area contributed by atoms with Crippen LogP contribution in [0.4, 0.5) is 0 Å². The Kier molecular flexibility index (Phi) is 4.12. The van der Waals surface area contributed by atoms with Crippen LogP contribution in [0.1, 0.15) is 32.4 Å².